The van der Waals surface area contributed by atoms with Gasteiger partial charge in [-0.3, -0.25) is 9.59 Å². The molecule has 2 amide bonds. The van der Waals surface area contributed by atoms with Crippen molar-refractivity contribution in [3.63, 3.8) is 0 Å². The topological polar surface area (TPSA) is 116 Å². The Bertz CT molecular complexity index is 1060. The van der Waals surface area contributed by atoms with Crippen LogP contribution in [0, 0.1) is 0 Å². The van der Waals surface area contributed by atoms with E-state index >= 15 is 0 Å². The van der Waals surface area contributed by atoms with Gasteiger partial charge in [-0.15, -0.1) is 0 Å². The van der Waals surface area contributed by atoms with E-state index in [0.29, 0.717) is 5.56 Å². The van der Waals surface area contributed by atoms with Crippen molar-refractivity contribution in [2.75, 3.05) is 6.54 Å². The van der Waals surface area contributed by atoms with Gasteiger partial charge in [0.05, 0.1) is 13.0 Å². The van der Waals surface area contributed by atoms with E-state index in [1.807, 2.05) is 42.5 Å². The van der Waals surface area contributed by atoms with Crippen molar-refractivity contribution in [3.05, 3.63) is 77.9 Å². The minimum Gasteiger partial charge on any atom is -0.508 e. The van der Waals surface area contributed by atoms with Crippen LogP contribution in [0.15, 0.2) is 66.7 Å². The fourth-order valence-corrected chi connectivity index (χ4v) is 3.09. The van der Waals surface area contributed by atoms with Crippen molar-refractivity contribution < 1.29 is 24.6 Å². The molecular formula is C23H22N2O5. The molecule has 154 valence electrons. The minimum atomic E-state index is -1.18. The molecule has 0 radical (unpaired) electrons. The summed E-state index contributed by atoms with van der Waals surface area (Å²) in [6, 6.07) is 18.5. The highest BCUT2D eigenvalue weighted by molar-refractivity contribution is 5.89. The minimum absolute atomic E-state index is 0.0619. The molecule has 1 atom stereocenters. The zero-order valence-electron chi connectivity index (χ0n) is 16.2. The number of aliphatic carboxylic acids is 1. The van der Waals surface area contributed by atoms with Crippen LogP contribution < -0.4 is 10.6 Å². The Labute approximate surface area is 173 Å². The van der Waals surface area contributed by atoms with Crippen LogP contribution in [-0.2, 0) is 27.2 Å². The third kappa shape index (κ3) is 5.81. The molecule has 0 aliphatic rings. The summed E-state index contributed by atoms with van der Waals surface area (Å²) < 4.78 is 0. The lowest BCUT2D eigenvalue weighted by Crippen LogP contribution is -2.46. The Morgan fingerprint density at radius 1 is 0.833 bits per heavy atom. The van der Waals surface area contributed by atoms with Crippen LogP contribution in [0.25, 0.3) is 10.8 Å². The van der Waals surface area contributed by atoms with Gasteiger partial charge in [0.15, 0.2) is 0 Å². The van der Waals surface area contributed by atoms with E-state index in [9.17, 15) is 24.6 Å². The second kappa shape index (κ2) is 9.56. The number of rotatable bonds is 8. The number of carbonyl (C=O) groups is 3. The summed E-state index contributed by atoms with van der Waals surface area (Å²) in [4.78, 5) is 35.7. The van der Waals surface area contributed by atoms with Gasteiger partial charge >= 0.3 is 5.97 Å². The first-order chi connectivity index (χ1) is 14.4. The highest BCUT2D eigenvalue weighted by atomic mass is 16.4. The highest BCUT2D eigenvalue weighted by Gasteiger charge is 2.20. The van der Waals surface area contributed by atoms with E-state index in [4.69, 9.17) is 0 Å². The van der Waals surface area contributed by atoms with E-state index in [-0.39, 0.29) is 31.0 Å². The number of hydrogen-bond donors (Lipinski definition) is 4. The Kier molecular flexibility index (Phi) is 6.64. The summed E-state index contributed by atoms with van der Waals surface area (Å²) in [7, 11) is 0. The van der Waals surface area contributed by atoms with Gasteiger partial charge in [-0.2, -0.15) is 0 Å². The lowest BCUT2D eigenvalue weighted by atomic mass is 10.0. The zero-order chi connectivity index (χ0) is 21.5. The number of phenols is 1. The molecule has 0 fully saturated rings. The van der Waals surface area contributed by atoms with Gasteiger partial charge in [-0.05, 0) is 34.0 Å². The third-order valence-electron chi connectivity index (χ3n) is 4.63. The van der Waals surface area contributed by atoms with Crippen molar-refractivity contribution in [2.45, 2.75) is 18.9 Å². The number of hydrogen-bond acceptors (Lipinski definition) is 4. The molecule has 3 rings (SSSR count). The fraction of sp³-hybridized carbons (Fsp3) is 0.174. The predicted octanol–water partition coefficient (Wildman–Crippen LogP) is 2.02. The molecule has 4 N–H and O–H groups in total. The van der Waals surface area contributed by atoms with Crippen LogP contribution in [0.1, 0.15) is 11.1 Å². The van der Waals surface area contributed by atoms with Gasteiger partial charge in [0.2, 0.25) is 11.8 Å². The Balaban J connectivity index is 1.50. The molecule has 0 saturated heterocycles. The van der Waals surface area contributed by atoms with Crippen molar-refractivity contribution >= 4 is 28.6 Å². The standard InChI is InChI=1S/C23H22N2O5/c26-19-9-6-15(7-10-19)12-20(23(29)30)25-22(28)14-24-21(27)13-16-5-8-17-3-1-2-4-18(17)11-16/h1-11,20,26H,12-14H2,(H,24,27)(H,25,28)(H,29,30). The van der Waals surface area contributed by atoms with Gasteiger partial charge in [0.1, 0.15) is 11.8 Å². The van der Waals surface area contributed by atoms with Gasteiger partial charge in [-0.25, -0.2) is 4.79 Å². The Hall–Kier alpha value is -3.87. The summed E-state index contributed by atoms with van der Waals surface area (Å²) >= 11 is 0. The van der Waals surface area contributed by atoms with E-state index in [1.165, 1.54) is 12.1 Å². The van der Waals surface area contributed by atoms with Gasteiger partial charge in [0, 0.05) is 6.42 Å². The third-order valence-corrected chi connectivity index (χ3v) is 4.63. The van der Waals surface area contributed by atoms with Crippen molar-refractivity contribution in [3.8, 4) is 5.75 Å². The number of nitrogens with one attached hydrogen (secondary N) is 2. The molecule has 0 spiro atoms. The van der Waals surface area contributed by atoms with Crippen LogP contribution >= 0.6 is 0 Å². The number of benzene rings is 3. The second-order valence-electron chi connectivity index (χ2n) is 6.96. The molecule has 3 aromatic rings. The first kappa shape index (κ1) is 20.9. The van der Waals surface area contributed by atoms with E-state index in [1.54, 1.807) is 12.1 Å². The fourth-order valence-electron chi connectivity index (χ4n) is 3.09. The summed E-state index contributed by atoms with van der Waals surface area (Å²) in [5.41, 5.74) is 1.48. The zero-order valence-corrected chi connectivity index (χ0v) is 16.2. The number of carboxylic acid groups (broad SMARTS) is 1. The number of amides is 2. The van der Waals surface area contributed by atoms with Crippen LogP contribution in [0.2, 0.25) is 0 Å². The molecule has 0 saturated carbocycles. The number of carbonyl (C=O) groups excluding carboxylic acids is 2. The molecular weight excluding hydrogens is 384 g/mol. The summed E-state index contributed by atoms with van der Waals surface area (Å²) in [5.74, 6) is -2.03. The van der Waals surface area contributed by atoms with E-state index in [0.717, 1.165) is 16.3 Å². The Morgan fingerprint density at radius 3 is 2.20 bits per heavy atom. The summed E-state index contributed by atoms with van der Waals surface area (Å²) in [5, 5.41) is 25.7. The first-order valence-electron chi connectivity index (χ1n) is 9.45. The van der Waals surface area contributed by atoms with Crippen LogP contribution in [0.3, 0.4) is 0 Å². The van der Waals surface area contributed by atoms with E-state index in [2.05, 4.69) is 10.6 Å². The van der Waals surface area contributed by atoms with Crippen LogP contribution in [-0.4, -0.2) is 40.6 Å². The largest absolute Gasteiger partial charge is 0.508 e. The van der Waals surface area contributed by atoms with Gasteiger partial charge < -0.3 is 20.8 Å². The number of carboxylic acids is 1. The van der Waals surface area contributed by atoms with Gasteiger partial charge in [0.25, 0.3) is 0 Å². The monoisotopic (exact) mass is 406 g/mol. The number of fused-ring (bicyclic) bond motifs is 1. The molecule has 30 heavy (non-hydrogen) atoms. The molecule has 3 aromatic carbocycles. The van der Waals surface area contributed by atoms with Gasteiger partial charge in [-0.1, -0.05) is 54.6 Å². The van der Waals surface area contributed by atoms with Crippen LogP contribution in [0.5, 0.6) is 5.75 Å². The SMILES string of the molecule is O=C(Cc1ccc2ccccc2c1)NCC(=O)NC(Cc1ccc(O)cc1)C(=O)O. The molecule has 7 nitrogen and oxygen atoms in total. The number of aromatic hydroxyl groups is 1. The highest BCUT2D eigenvalue weighted by Crippen LogP contribution is 2.16. The van der Waals surface area contributed by atoms with E-state index < -0.39 is 17.9 Å². The van der Waals surface area contributed by atoms with Crippen molar-refractivity contribution in [2.24, 2.45) is 0 Å². The molecule has 0 aliphatic carbocycles. The van der Waals surface area contributed by atoms with Crippen LogP contribution in [0.4, 0.5) is 0 Å². The molecule has 0 aromatic heterocycles. The quantitative estimate of drug-likeness (QED) is 0.457. The predicted molar refractivity (Wildman–Crippen MR) is 112 cm³/mol. The molecule has 7 heteroatoms. The average molecular weight is 406 g/mol. The summed E-state index contributed by atoms with van der Waals surface area (Å²) in [6.45, 7) is -0.314. The number of phenolic OH excluding ortho intramolecular Hbond substituents is 1. The Morgan fingerprint density at radius 2 is 1.50 bits per heavy atom. The molecule has 0 bridgehead atoms. The molecule has 0 heterocycles. The summed E-state index contributed by atoms with van der Waals surface area (Å²) in [6.07, 6.45) is 0.181. The molecule has 1 unspecified atom stereocenters. The van der Waals surface area contributed by atoms with Crippen molar-refractivity contribution in [1.82, 2.24) is 10.6 Å². The maximum absolute atomic E-state index is 12.2. The van der Waals surface area contributed by atoms with Crippen molar-refractivity contribution in [1.29, 1.82) is 0 Å². The smallest absolute Gasteiger partial charge is 0.326 e. The first-order valence-corrected chi connectivity index (χ1v) is 9.45. The average Bonchev–Trinajstić information content (AvgIpc) is 2.73. The second-order valence-corrected chi connectivity index (χ2v) is 6.96. The lowest BCUT2D eigenvalue weighted by Gasteiger charge is -2.15. The lowest BCUT2D eigenvalue weighted by molar-refractivity contribution is -0.141. The molecule has 0 aliphatic heterocycles. The maximum atomic E-state index is 12.2. The normalized spacial score (nSPS) is 11.6. The maximum Gasteiger partial charge on any atom is 0.326 e.